The first-order chi connectivity index (χ1) is 10.0. The number of likely N-dealkylation sites (tertiary alicyclic amines) is 1. The van der Waals surface area contributed by atoms with Gasteiger partial charge in [0.25, 0.3) is 0 Å². The molecule has 4 nitrogen and oxygen atoms in total. The molecule has 4 heteroatoms. The maximum atomic E-state index is 12.5. The van der Waals surface area contributed by atoms with Crippen molar-refractivity contribution in [3.63, 3.8) is 0 Å². The Balaban J connectivity index is 2.02. The van der Waals surface area contributed by atoms with E-state index < -0.39 is 0 Å². The highest BCUT2D eigenvalue weighted by Crippen LogP contribution is 2.26. The van der Waals surface area contributed by atoms with Gasteiger partial charge in [0.15, 0.2) is 0 Å². The number of rotatable bonds is 5. The topological polar surface area (TPSA) is 58.4 Å². The molecule has 1 aromatic rings. The molecule has 116 valence electrons. The fourth-order valence-electron chi connectivity index (χ4n) is 3.19. The molecule has 21 heavy (non-hydrogen) atoms. The van der Waals surface area contributed by atoms with Gasteiger partial charge in [-0.1, -0.05) is 26.0 Å². The zero-order valence-corrected chi connectivity index (χ0v) is 13.3. The molecule has 2 atom stereocenters. The third kappa shape index (κ3) is 3.83. The molecule has 0 aliphatic carbocycles. The van der Waals surface area contributed by atoms with Gasteiger partial charge < -0.3 is 11.1 Å². The molecule has 1 saturated heterocycles. The first-order valence-corrected chi connectivity index (χ1v) is 7.88. The van der Waals surface area contributed by atoms with Crippen molar-refractivity contribution in [2.24, 2.45) is 11.7 Å². The highest BCUT2D eigenvalue weighted by Gasteiger charge is 2.33. The van der Waals surface area contributed by atoms with Gasteiger partial charge in [0.2, 0.25) is 5.91 Å². The summed E-state index contributed by atoms with van der Waals surface area (Å²) in [5.74, 6) is 0.653. The lowest BCUT2D eigenvalue weighted by Crippen LogP contribution is -2.46. The van der Waals surface area contributed by atoms with Crippen molar-refractivity contribution < 1.29 is 4.79 Å². The van der Waals surface area contributed by atoms with Crippen LogP contribution in [-0.4, -0.2) is 29.4 Å². The van der Waals surface area contributed by atoms with E-state index in [4.69, 9.17) is 5.73 Å². The second-order valence-corrected chi connectivity index (χ2v) is 6.26. The third-order valence-corrected chi connectivity index (χ3v) is 4.42. The molecule has 1 aliphatic heterocycles. The highest BCUT2D eigenvalue weighted by molar-refractivity contribution is 5.94. The minimum absolute atomic E-state index is 0.0664. The van der Waals surface area contributed by atoms with Crippen molar-refractivity contribution >= 4 is 11.6 Å². The van der Waals surface area contributed by atoms with E-state index in [1.807, 2.05) is 31.2 Å². The number of amides is 1. The maximum absolute atomic E-state index is 12.5. The van der Waals surface area contributed by atoms with E-state index in [2.05, 4.69) is 24.1 Å². The zero-order valence-electron chi connectivity index (χ0n) is 13.3. The molecule has 0 aromatic heterocycles. The van der Waals surface area contributed by atoms with Crippen LogP contribution in [0.2, 0.25) is 0 Å². The normalized spacial score (nSPS) is 20.7. The molecule has 1 heterocycles. The smallest absolute Gasteiger partial charge is 0.241 e. The van der Waals surface area contributed by atoms with Crippen molar-refractivity contribution in [3.05, 3.63) is 29.8 Å². The summed E-state index contributed by atoms with van der Waals surface area (Å²) in [4.78, 5) is 14.8. The fraction of sp³-hybridized carbons (Fsp3) is 0.588. The number of carbonyl (C=O) groups excluding carboxylic acids is 1. The SMILES string of the molecule is CC(C)C1CCCN1C(C)C(=O)Nc1cccc(CN)c1. The molecule has 0 saturated carbocycles. The lowest BCUT2D eigenvalue weighted by atomic mass is 10.0. The van der Waals surface area contributed by atoms with Crippen molar-refractivity contribution in [2.75, 3.05) is 11.9 Å². The Bertz CT molecular complexity index is 487. The minimum Gasteiger partial charge on any atom is -0.326 e. The Morgan fingerprint density at radius 2 is 2.19 bits per heavy atom. The van der Waals surface area contributed by atoms with Crippen LogP contribution in [-0.2, 0) is 11.3 Å². The number of nitrogens with two attached hydrogens (primary N) is 1. The van der Waals surface area contributed by atoms with Gasteiger partial charge in [0, 0.05) is 18.3 Å². The summed E-state index contributed by atoms with van der Waals surface area (Å²) in [7, 11) is 0. The summed E-state index contributed by atoms with van der Waals surface area (Å²) in [5.41, 5.74) is 7.50. The second kappa shape index (κ2) is 7.05. The zero-order chi connectivity index (χ0) is 15.4. The highest BCUT2D eigenvalue weighted by atomic mass is 16.2. The number of carbonyl (C=O) groups is 1. The number of hydrogen-bond donors (Lipinski definition) is 2. The fourth-order valence-corrected chi connectivity index (χ4v) is 3.19. The predicted octanol–water partition coefficient (Wildman–Crippen LogP) is 2.59. The van der Waals surface area contributed by atoms with Crippen LogP contribution in [0.25, 0.3) is 0 Å². The van der Waals surface area contributed by atoms with Crippen LogP contribution in [0.4, 0.5) is 5.69 Å². The van der Waals surface area contributed by atoms with E-state index in [1.165, 1.54) is 12.8 Å². The van der Waals surface area contributed by atoms with Gasteiger partial charge in [-0.25, -0.2) is 0 Å². The molecule has 3 N–H and O–H groups in total. The molecule has 0 spiro atoms. The molecular weight excluding hydrogens is 262 g/mol. The Morgan fingerprint density at radius 3 is 2.86 bits per heavy atom. The van der Waals surface area contributed by atoms with E-state index >= 15 is 0 Å². The molecule has 0 radical (unpaired) electrons. The van der Waals surface area contributed by atoms with E-state index in [9.17, 15) is 4.79 Å². The molecule has 1 amide bonds. The average molecular weight is 289 g/mol. The summed E-state index contributed by atoms with van der Waals surface area (Å²) in [6.07, 6.45) is 2.38. The molecule has 2 unspecified atom stereocenters. The molecule has 1 aromatic carbocycles. The first kappa shape index (κ1) is 16.0. The molecule has 1 aliphatic rings. The van der Waals surface area contributed by atoms with Crippen molar-refractivity contribution in [1.82, 2.24) is 4.90 Å². The van der Waals surface area contributed by atoms with Crippen LogP contribution in [0.15, 0.2) is 24.3 Å². The van der Waals surface area contributed by atoms with Crippen molar-refractivity contribution in [1.29, 1.82) is 0 Å². The van der Waals surface area contributed by atoms with Crippen LogP contribution in [0.3, 0.4) is 0 Å². The second-order valence-electron chi connectivity index (χ2n) is 6.26. The lowest BCUT2D eigenvalue weighted by molar-refractivity contribution is -0.121. The third-order valence-electron chi connectivity index (χ3n) is 4.42. The van der Waals surface area contributed by atoms with Gasteiger partial charge in [-0.05, 0) is 49.9 Å². The molecule has 0 bridgehead atoms. The average Bonchev–Trinajstić information content (AvgIpc) is 2.96. The lowest BCUT2D eigenvalue weighted by Gasteiger charge is -2.32. The van der Waals surface area contributed by atoms with Crippen LogP contribution >= 0.6 is 0 Å². The van der Waals surface area contributed by atoms with Gasteiger partial charge in [0.1, 0.15) is 0 Å². The van der Waals surface area contributed by atoms with Gasteiger partial charge in [-0.2, -0.15) is 0 Å². The van der Waals surface area contributed by atoms with Crippen LogP contribution in [0, 0.1) is 5.92 Å². The van der Waals surface area contributed by atoms with Crippen molar-refractivity contribution in [3.8, 4) is 0 Å². The van der Waals surface area contributed by atoms with Gasteiger partial charge in [-0.15, -0.1) is 0 Å². The van der Waals surface area contributed by atoms with Gasteiger partial charge in [0.05, 0.1) is 6.04 Å². The molecular formula is C17H27N3O. The van der Waals surface area contributed by atoms with E-state index in [0.29, 0.717) is 18.5 Å². The van der Waals surface area contributed by atoms with E-state index in [0.717, 1.165) is 17.8 Å². The number of nitrogens with one attached hydrogen (secondary N) is 1. The van der Waals surface area contributed by atoms with E-state index in [1.54, 1.807) is 0 Å². The van der Waals surface area contributed by atoms with Crippen molar-refractivity contribution in [2.45, 2.75) is 52.2 Å². The number of anilines is 1. The first-order valence-electron chi connectivity index (χ1n) is 7.88. The summed E-state index contributed by atoms with van der Waals surface area (Å²) in [5, 5.41) is 3.02. The Kier molecular flexibility index (Phi) is 5.37. The molecule has 2 rings (SSSR count). The Morgan fingerprint density at radius 1 is 1.43 bits per heavy atom. The predicted molar refractivity (Wildman–Crippen MR) is 87.0 cm³/mol. The Hall–Kier alpha value is -1.39. The maximum Gasteiger partial charge on any atom is 0.241 e. The minimum atomic E-state index is -0.0959. The van der Waals surface area contributed by atoms with Gasteiger partial charge in [-0.3, -0.25) is 9.69 Å². The number of hydrogen-bond acceptors (Lipinski definition) is 3. The Labute approximate surface area is 127 Å². The standard InChI is InChI=1S/C17H27N3O/c1-12(2)16-8-5-9-20(16)13(3)17(21)19-15-7-4-6-14(10-15)11-18/h4,6-7,10,12-13,16H,5,8-9,11,18H2,1-3H3,(H,19,21). The summed E-state index contributed by atoms with van der Waals surface area (Å²) < 4.78 is 0. The number of nitrogens with zero attached hydrogens (tertiary/aromatic N) is 1. The monoisotopic (exact) mass is 289 g/mol. The summed E-state index contributed by atoms with van der Waals surface area (Å²) in [6, 6.07) is 8.16. The van der Waals surface area contributed by atoms with Crippen LogP contribution in [0.5, 0.6) is 0 Å². The summed E-state index contributed by atoms with van der Waals surface area (Å²) in [6.45, 7) is 7.97. The molecule has 1 fully saturated rings. The van der Waals surface area contributed by atoms with Crippen LogP contribution < -0.4 is 11.1 Å². The van der Waals surface area contributed by atoms with Gasteiger partial charge >= 0.3 is 0 Å². The van der Waals surface area contributed by atoms with Crippen LogP contribution in [0.1, 0.15) is 39.2 Å². The quantitative estimate of drug-likeness (QED) is 0.876. The largest absolute Gasteiger partial charge is 0.326 e. The summed E-state index contributed by atoms with van der Waals surface area (Å²) >= 11 is 0. The van der Waals surface area contributed by atoms with E-state index in [-0.39, 0.29) is 11.9 Å². The number of benzene rings is 1.